The quantitative estimate of drug-likeness (QED) is 0.596. The van der Waals surface area contributed by atoms with Gasteiger partial charge in [0, 0.05) is 20.0 Å². The van der Waals surface area contributed by atoms with Crippen LogP contribution in [0.3, 0.4) is 0 Å². The molecule has 3 rings (SSSR count). The van der Waals surface area contributed by atoms with Crippen molar-refractivity contribution >= 4 is 22.8 Å². The van der Waals surface area contributed by atoms with E-state index in [2.05, 4.69) is 15.6 Å². The molecule has 0 atom stereocenters. The van der Waals surface area contributed by atoms with E-state index in [1.807, 2.05) is 59.2 Å². The summed E-state index contributed by atoms with van der Waals surface area (Å²) in [7, 11) is 0. The number of nitrogens with one attached hydrogen (secondary N) is 2. The normalized spacial score (nSPS) is 10.6. The van der Waals surface area contributed by atoms with Crippen LogP contribution in [0.1, 0.15) is 12.7 Å². The van der Waals surface area contributed by atoms with Gasteiger partial charge in [-0.3, -0.25) is 9.59 Å². The molecule has 7 nitrogen and oxygen atoms in total. The Kier molecular flexibility index (Phi) is 6.04. The van der Waals surface area contributed by atoms with Gasteiger partial charge in [0.15, 0.2) is 0 Å². The molecule has 0 spiro atoms. The van der Waals surface area contributed by atoms with E-state index in [1.54, 1.807) is 0 Å². The Balaban J connectivity index is 1.70. The molecule has 0 unspecified atom stereocenters. The first-order chi connectivity index (χ1) is 13.1. The third-order valence-electron chi connectivity index (χ3n) is 3.97. The smallest absolute Gasteiger partial charge is 0.240 e. The van der Waals surface area contributed by atoms with Crippen molar-refractivity contribution in [3.8, 4) is 5.75 Å². The van der Waals surface area contributed by atoms with Crippen molar-refractivity contribution in [3.63, 3.8) is 0 Å². The van der Waals surface area contributed by atoms with Crippen LogP contribution in [0.5, 0.6) is 5.75 Å². The zero-order valence-electron chi connectivity index (χ0n) is 15.1. The molecule has 3 aromatic rings. The van der Waals surface area contributed by atoms with Crippen molar-refractivity contribution in [2.75, 3.05) is 13.1 Å². The third kappa shape index (κ3) is 5.07. The maximum atomic E-state index is 12.3. The fourth-order valence-electron chi connectivity index (χ4n) is 2.72. The van der Waals surface area contributed by atoms with Crippen LogP contribution >= 0.6 is 0 Å². The van der Waals surface area contributed by atoms with Crippen LogP contribution in [0.2, 0.25) is 0 Å². The Morgan fingerprint density at radius 2 is 1.70 bits per heavy atom. The molecular formula is C20H22N4O3. The van der Waals surface area contributed by atoms with Gasteiger partial charge in [0.25, 0.3) is 0 Å². The highest BCUT2D eigenvalue weighted by Gasteiger charge is 2.14. The summed E-state index contributed by atoms with van der Waals surface area (Å²) in [6.07, 6.45) is 0. The van der Waals surface area contributed by atoms with Crippen LogP contribution in [0.4, 0.5) is 0 Å². The first-order valence-electron chi connectivity index (χ1n) is 8.76. The summed E-state index contributed by atoms with van der Waals surface area (Å²) in [5.74, 6) is 1.16. The minimum absolute atomic E-state index is 0.120. The SMILES string of the molecule is CC(=O)NCCNC(=O)Cn1c(COc2ccccc2)nc2ccccc21. The lowest BCUT2D eigenvalue weighted by Gasteiger charge is -2.11. The molecule has 0 fully saturated rings. The number of aromatic nitrogens is 2. The highest BCUT2D eigenvalue weighted by molar-refractivity contribution is 5.81. The second kappa shape index (κ2) is 8.84. The van der Waals surface area contributed by atoms with Crippen LogP contribution in [-0.4, -0.2) is 34.5 Å². The molecule has 0 saturated carbocycles. The van der Waals surface area contributed by atoms with Crippen LogP contribution in [0.15, 0.2) is 54.6 Å². The molecule has 0 aliphatic heterocycles. The van der Waals surface area contributed by atoms with Gasteiger partial charge in [-0.1, -0.05) is 30.3 Å². The minimum Gasteiger partial charge on any atom is -0.486 e. The summed E-state index contributed by atoms with van der Waals surface area (Å²) >= 11 is 0. The molecule has 0 radical (unpaired) electrons. The van der Waals surface area contributed by atoms with E-state index in [-0.39, 0.29) is 25.0 Å². The zero-order valence-corrected chi connectivity index (χ0v) is 15.1. The lowest BCUT2D eigenvalue weighted by atomic mass is 10.3. The van der Waals surface area contributed by atoms with Crippen molar-refractivity contribution < 1.29 is 14.3 Å². The van der Waals surface area contributed by atoms with E-state index in [9.17, 15) is 9.59 Å². The van der Waals surface area contributed by atoms with E-state index in [4.69, 9.17) is 4.74 Å². The topological polar surface area (TPSA) is 85.2 Å². The van der Waals surface area contributed by atoms with Crippen LogP contribution in [-0.2, 0) is 22.7 Å². The number of fused-ring (bicyclic) bond motifs is 1. The minimum atomic E-state index is -0.149. The Morgan fingerprint density at radius 1 is 1.00 bits per heavy atom. The van der Waals surface area contributed by atoms with Crippen molar-refractivity contribution in [3.05, 3.63) is 60.4 Å². The van der Waals surface area contributed by atoms with E-state index >= 15 is 0 Å². The fourth-order valence-corrected chi connectivity index (χ4v) is 2.72. The molecule has 2 aromatic carbocycles. The first-order valence-corrected chi connectivity index (χ1v) is 8.76. The molecule has 1 heterocycles. The average Bonchev–Trinajstić information content (AvgIpc) is 3.02. The lowest BCUT2D eigenvalue weighted by molar-refractivity contribution is -0.122. The maximum Gasteiger partial charge on any atom is 0.240 e. The lowest BCUT2D eigenvalue weighted by Crippen LogP contribution is -2.35. The predicted octanol–water partition coefficient (Wildman–Crippen LogP) is 1.87. The number of para-hydroxylation sites is 3. The molecule has 2 amide bonds. The Labute approximate surface area is 157 Å². The first kappa shape index (κ1) is 18.4. The Bertz CT molecular complexity index is 921. The molecule has 140 valence electrons. The number of amides is 2. The predicted molar refractivity (Wildman–Crippen MR) is 102 cm³/mol. The van der Waals surface area contributed by atoms with Gasteiger partial charge in [-0.25, -0.2) is 4.98 Å². The van der Waals surface area contributed by atoms with Gasteiger partial charge in [-0.2, -0.15) is 0 Å². The molecule has 2 N–H and O–H groups in total. The number of rotatable bonds is 8. The summed E-state index contributed by atoms with van der Waals surface area (Å²) in [6.45, 7) is 2.61. The maximum absolute atomic E-state index is 12.3. The molecule has 0 aliphatic rings. The van der Waals surface area contributed by atoms with Gasteiger partial charge < -0.3 is 19.9 Å². The number of imidazole rings is 1. The zero-order chi connectivity index (χ0) is 19.1. The number of ether oxygens (including phenoxy) is 1. The highest BCUT2D eigenvalue weighted by atomic mass is 16.5. The summed E-state index contributed by atoms with van der Waals surface area (Å²) in [5, 5.41) is 5.45. The number of carbonyl (C=O) groups excluding carboxylic acids is 2. The van der Waals surface area contributed by atoms with Gasteiger partial charge in [0.05, 0.1) is 11.0 Å². The molecule has 7 heteroatoms. The number of carbonyl (C=O) groups is 2. The van der Waals surface area contributed by atoms with Gasteiger partial charge in [-0.15, -0.1) is 0 Å². The summed E-state index contributed by atoms with van der Waals surface area (Å²) in [4.78, 5) is 27.8. The van der Waals surface area contributed by atoms with Gasteiger partial charge in [0.1, 0.15) is 24.7 Å². The standard InChI is InChI=1S/C20H22N4O3/c1-15(25)21-11-12-22-20(26)13-24-18-10-6-5-9-17(18)23-19(24)14-27-16-7-3-2-4-8-16/h2-10H,11-14H2,1H3,(H,21,25)(H,22,26). The van der Waals surface area contributed by atoms with Gasteiger partial charge in [-0.05, 0) is 24.3 Å². The monoisotopic (exact) mass is 366 g/mol. The summed E-state index contributed by atoms with van der Waals surface area (Å²) in [6, 6.07) is 17.1. The summed E-state index contributed by atoms with van der Waals surface area (Å²) < 4.78 is 7.66. The largest absolute Gasteiger partial charge is 0.486 e. The van der Waals surface area contributed by atoms with E-state index in [1.165, 1.54) is 6.92 Å². The van der Waals surface area contributed by atoms with E-state index in [0.29, 0.717) is 18.9 Å². The second-order valence-electron chi connectivity index (χ2n) is 6.04. The average molecular weight is 366 g/mol. The third-order valence-corrected chi connectivity index (χ3v) is 3.97. The number of nitrogens with zero attached hydrogens (tertiary/aromatic N) is 2. The second-order valence-corrected chi connectivity index (χ2v) is 6.04. The van der Waals surface area contributed by atoms with Gasteiger partial charge in [0.2, 0.25) is 11.8 Å². The molecule has 0 saturated heterocycles. The Hall–Kier alpha value is -3.35. The van der Waals surface area contributed by atoms with Gasteiger partial charge >= 0.3 is 0 Å². The van der Waals surface area contributed by atoms with Crippen molar-refractivity contribution in [1.82, 2.24) is 20.2 Å². The van der Waals surface area contributed by atoms with Crippen LogP contribution in [0, 0.1) is 0 Å². The summed E-state index contributed by atoms with van der Waals surface area (Å²) in [5.41, 5.74) is 1.69. The number of hydrogen-bond acceptors (Lipinski definition) is 4. The van der Waals surface area contributed by atoms with E-state index < -0.39 is 0 Å². The highest BCUT2D eigenvalue weighted by Crippen LogP contribution is 2.18. The molecule has 0 bridgehead atoms. The number of hydrogen-bond donors (Lipinski definition) is 2. The molecular weight excluding hydrogens is 344 g/mol. The van der Waals surface area contributed by atoms with E-state index in [0.717, 1.165) is 16.8 Å². The molecule has 1 aromatic heterocycles. The Morgan fingerprint density at radius 3 is 2.48 bits per heavy atom. The van der Waals surface area contributed by atoms with Crippen molar-refractivity contribution in [2.24, 2.45) is 0 Å². The van der Waals surface area contributed by atoms with Crippen molar-refractivity contribution in [1.29, 1.82) is 0 Å². The van der Waals surface area contributed by atoms with Crippen LogP contribution in [0.25, 0.3) is 11.0 Å². The molecule has 27 heavy (non-hydrogen) atoms. The number of benzene rings is 2. The van der Waals surface area contributed by atoms with Crippen molar-refractivity contribution in [2.45, 2.75) is 20.1 Å². The molecule has 0 aliphatic carbocycles. The van der Waals surface area contributed by atoms with Crippen LogP contribution < -0.4 is 15.4 Å². The fraction of sp³-hybridized carbons (Fsp3) is 0.250.